The molecule has 0 radical (unpaired) electrons. The molecule has 110 valence electrons. The van der Waals surface area contributed by atoms with Gasteiger partial charge in [0.1, 0.15) is 11.5 Å². The van der Waals surface area contributed by atoms with Crippen LogP contribution in [-0.2, 0) is 11.0 Å². The molecule has 3 nitrogen and oxygen atoms in total. The van der Waals surface area contributed by atoms with E-state index in [1.165, 1.54) is 12.1 Å². The maximum atomic E-state index is 12.5. The van der Waals surface area contributed by atoms with Crippen LogP contribution < -0.4 is 0 Å². The second-order valence-electron chi connectivity index (χ2n) is 5.06. The molecule has 0 amide bonds. The van der Waals surface area contributed by atoms with Crippen LogP contribution in [0.25, 0.3) is 11.3 Å². The Morgan fingerprint density at radius 2 is 1.81 bits per heavy atom. The van der Waals surface area contributed by atoms with E-state index in [1.54, 1.807) is 12.1 Å². The van der Waals surface area contributed by atoms with Crippen LogP contribution in [0.15, 0.2) is 40.8 Å². The first-order valence-electron chi connectivity index (χ1n) is 6.36. The van der Waals surface area contributed by atoms with Crippen molar-refractivity contribution >= 4 is 5.97 Å². The maximum Gasteiger partial charge on any atom is 0.416 e. The average Bonchev–Trinajstić information content (AvgIpc) is 3.08. The van der Waals surface area contributed by atoms with E-state index in [0.717, 1.165) is 12.1 Å². The number of rotatable bonds is 3. The van der Waals surface area contributed by atoms with Gasteiger partial charge in [-0.25, -0.2) is 0 Å². The van der Waals surface area contributed by atoms with Crippen LogP contribution in [0.1, 0.15) is 23.7 Å². The van der Waals surface area contributed by atoms with Crippen molar-refractivity contribution in [2.45, 2.75) is 18.5 Å². The Morgan fingerprint density at radius 3 is 2.33 bits per heavy atom. The maximum absolute atomic E-state index is 12.5. The number of carboxylic acid groups (broad SMARTS) is 1. The van der Waals surface area contributed by atoms with Crippen LogP contribution in [-0.4, -0.2) is 11.1 Å². The summed E-state index contributed by atoms with van der Waals surface area (Å²) in [5.41, 5.74) is -0.187. The Kier molecular flexibility index (Phi) is 3.04. The van der Waals surface area contributed by atoms with Crippen LogP contribution in [0.2, 0.25) is 0 Å². The molecule has 2 atom stereocenters. The zero-order valence-corrected chi connectivity index (χ0v) is 10.7. The lowest BCUT2D eigenvalue weighted by molar-refractivity contribution is -0.139. The standard InChI is InChI=1S/C15H11F3O3/c16-15(17,18)9-3-1-8(2-4-9)12-5-6-13(21-12)10-7-11(10)14(19)20/h1-6,10-11H,7H2,(H,19,20)/t10-,11+/m1/s1. The fourth-order valence-electron chi connectivity index (χ4n) is 2.31. The summed E-state index contributed by atoms with van der Waals surface area (Å²) in [5.74, 6) is -0.401. The van der Waals surface area contributed by atoms with Crippen LogP contribution in [0.3, 0.4) is 0 Å². The number of carboxylic acids is 1. The molecule has 6 heteroatoms. The monoisotopic (exact) mass is 296 g/mol. The first-order chi connectivity index (χ1) is 9.86. The Morgan fingerprint density at radius 1 is 1.14 bits per heavy atom. The number of benzene rings is 1. The van der Waals surface area contributed by atoms with E-state index < -0.39 is 23.6 Å². The molecule has 21 heavy (non-hydrogen) atoms. The molecule has 3 rings (SSSR count). The summed E-state index contributed by atoms with van der Waals surface area (Å²) in [6.07, 6.45) is -3.83. The first kappa shape index (κ1) is 13.7. The van der Waals surface area contributed by atoms with Crippen molar-refractivity contribution < 1.29 is 27.5 Å². The molecule has 1 aliphatic carbocycles. The molecule has 1 saturated carbocycles. The minimum atomic E-state index is -4.37. The lowest BCUT2D eigenvalue weighted by Crippen LogP contribution is -2.03. The predicted octanol–water partition coefficient (Wildman–Crippen LogP) is 4.15. The second kappa shape index (κ2) is 4.65. The zero-order valence-electron chi connectivity index (χ0n) is 10.7. The molecule has 0 spiro atoms. The summed E-state index contributed by atoms with van der Waals surface area (Å²) in [6, 6.07) is 8.00. The third-order valence-corrected chi connectivity index (χ3v) is 3.60. The topological polar surface area (TPSA) is 50.4 Å². The lowest BCUT2D eigenvalue weighted by Gasteiger charge is -2.06. The smallest absolute Gasteiger partial charge is 0.416 e. The molecule has 1 aromatic heterocycles. The van der Waals surface area contributed by atoms with Crippen LogP contribution in [0.4, 0.5) is 13.2 Å². The Hall–Kier alpha value is -2.24. The number of halogens is 3. The van der Waals surface area contributed by atoms with Crippen molar-refractivity contribution in [3.63, 3.8) is 0 Å². The van der Waals surface area contributed by atoms with E-state index in [-0.39, 0.29) is 5.92 Å². The SMILES string of the molecule is O=C(O)[C@H]1C[C@H]1c1ccc(-c2ccc(C(F)(F)F)cc2)o1. The minimum absolute atomic E-state index is 0.134. The molecule has 0 unspecified atom stereocenters. The summed E-state index contributed by atoms with van der Waals surface area (Å²) in [4.78, 5) is 10.8. The number of furan rings is 1. The molecule has 1 aliphatic rings. The van der Waals surface area contributed by atoms with Crippen molar-refractivity contribution in [3.05, 3.63) is 47.7 Å². The number of carbonyl (C=O) groups is 1. The quantitative estimate of drug-likeness (QED) is 0.925. The normalized spacial score (nSPS) is 21.3. The number of hydrogen-bond acceptors (Lipinski definition) is 2. The Bertz CT molecular complexity index is 670. The van der Waals surface area contributed by atoms with Gasteiger partial charge in [0.05, 0.1) is 11.5 Å². The van der Waals surface area contributed by atoms with Crippen molar-refractivity contribution in [2.75, 3.05) is 0 Å². The van der Waals surface area contributed by atoms with E-state index >= 15 is 0 Å². The zero-order chi connectivity index (χ0) is 15.2. The van der Waals surface area contributed by atoms with Gasteiger partial charge in [0, 0.05) is 11.5 Å². The Labute approximate surface area is 118 Å². The van der Waals surface area contributed by atoms with Crippen LogP contribution in [0, 0.1) is 5.92 Å². The molecule has 0 saturated heterocycles. The van der Waals surface area contributed by atoms with Crippen molar-refractivity contribution in [1.29, 1.82) is 0 Å². The van der Waals surface area contributed by atoms with Gasteiger partial charge in [0.15, 0.2) is 0 Å². The molecule has 1 fully saturated rings. The molecule has 0 bridgehead atoms. The van der Waals surface area contributed by atoms with Gasteiger partial charge in [-0.3, -0.25) is 4.79 Å². The van der Waals surface area contributed by atoms with Gasteiger partial charge in [-0.2, -0.15) is 13.2 Å². The average molecular weight is 296 g/mol. The fraction of sp³-hybridized carbons (Fsp3) is 0.267. The van der Waals surface area contributed by atoms with E-state index in [2.05, 4.69) is 0 Å². The van der Waals surface area contributed by atoms with Crippen LogP contribution in [0.5, 0.6) is 0 Å². The molecule has 2 aromatic rings. The molecular formula is C15H11F3O3. The highest BCUT2D eigenvalue weighted by Gasteiger charge is 2.46. The summed E-state index contributed by atoms with van der Waals surface area (Å²) < 4.78 is 43.0. The predicted molar refractivity (Wildman–Crippen MR) is 67.6 cm³/mol. The van der Waals surface area contributed by atoms with E-state index in [0.29, 0.717) is 23.5 Å². The summed E-state index contributed by atoms with van der Waals surface area (Å²) >= 11 is 0. The first-order valence-corrected chi connectivity index (χ1v) is 6.36. The highest BCUT2D eigenvalue weighted by molar-refractivity contribution is 5.75. The van der Waals surface area contributed by atoms with Gasteiger partial charge < -0.3 is 9.52 Å². The van der Waals surface area contributed by atoms with Gasteiger partial charge in [-0.1, -0.05) is 12.1 Å². The highest BCUT2D eigenvalue weighted by Crippen LogP contribution is 2.48. The van der Waals surface area contributed by atoms with E-state index in [4.69, 9.17) is 9.52 Å². The number of aliphatic carboxylic acids is 1. The molecule has 0 aliphatic heterocycles. The largest absolute Gasteiger partial charge is 0.481 e. The van der Waals surface area contributed by atoms with Gasteiger partial charge in [0.25, 0.3) is 0 Å². The van der Waals surface area contributed by atoms with Crippen molar-refractivity contribution in [2.24, 2.45) is 5.92 Å². The van der Waals surface area contributed by atoms with E-state index in [9.17, 15) is 18.0 Å². The summed E-state index contributed by atoms with van der Waals surface area (Å²) in [5, 5.41) is 8.87. The summed E-state index contributed by atoms with van der Waals surface area (Å²) in [6.45, 7) is 0. The van der Waals surface area contributed by atoms with Crippen molar-refractivity contribution in [1.82, 2.24) is 0 Å². The minimum Gasteiger partial charge on any atom is -0.481 e. The molecular weight excluding hydrogens is 285 g/mol. The second-order valence-corrected chi connectivity index (χ2v) is 5.06. The number of alkyl halides is 3. The van der Waals surface area contributed by atoms with Crippen LogP contribution >= 0.6 is 0 Å². The number of hydrogen-bond donors (Lipinski definition) is 1. The van der Waals surface area contributed by atoms with Gasteiger partial charge >= 0.3 is 12.1 Å². The van der Waals surface area contributed by atoms with Gasteiger partial charge in [-0.05, 0) is 30.7 Å². The third kappa shape index (κ3) is 2.66. The highest BCUT2D eigenvalue weighted by atomic mass is 19.4. The van der Waals surface area contributed by atoms with Crippen molar-refractivity contribution in [3.8, 4) is 11.3 Å². The van der Waals surface area contributed by atoms with Gasteiger partial charge in [-0.15, -0.1) is 0 Å². The lowest BCUT2D eigenvalue weighted by atomic mass is 10.1. The fourth-order valence-corrected chi connectivity index (χ4v) is 2.31. The molecule has 1 N–H and O–H groups in total. The third-order valence-electron chi connectivity index (χ3n) is 3.60. The molecule has 1 aromatic carbocycles. The van der Waals surface area contributed by atoms with E-state index in [1.807, 2.05) is 0 Å². The molecule has 1 heterocycles. The Balaban J connectivity index is 1.79. The summed E-state index contributed by atoms with van der Waals surface area (Å²) in [7, 11) is 0. The van der Waals surface area contributed by atoms with Gasteiger partial charge in [0.2, 0.25) is 0 Å².